The molecule has 3 N–H and O–H groups in total. The predicted octanol–water partition coefficient (Wildman–Crippen LogP) is 16.2. The van der Waals surface area contributed by atoms with Gasteiger partial charge in [-0.3, -0.25) is 9.59 Å². The summed E-state index contributed by atoms with van der Waals surface area (Å²) >= 11 is 0. The van der Waals surface area contributed by atoms with E-state index in [9.17, 15) is 19.8 Å². The molecule has 0 saturated heterocycles. The second-order valence-corrected chi connectivity index (χ2v) is 17.9. The van der Waals surface area contributed by atoms with Crippen molar-refractivity contribution < 1.29 is 24.5 Å². The molecule has 6 heteroatoms. The molecule has 0 aromatic carbocycles. The van der Waals surface area contributed by atoms with E-state index in [4.69, 9.17) is 4.74 Å². The standard InChI is InChI=1S/C57H101NO5/c1-4-7-10-13-16-19-22-25-27-28-30-31-33-36-39-42-45-48-53(63-57(62)50-47-44-41-38-35-32-29-26-23-20-17-14-11-8-5-2)51-56(61)58-54(52-59)55(60)49-46-43-40-37-34-24-21-18-15-12-9-6-3/h7,10,16,19,25,27,30-31,36,39,45,48,53-55,59-60H,4-6,8-9,11-15,17-18,20-24,26,28-29,32-35,37-38,40-44,46-47,49-52H2,1-3H3,(H,58,61)/b10-7-,19-16-,27-25-,31-30-,39-36-,48-45-. The molecule has 0 bridgehead atoms. The first-order valence-electron chi connectivity index (χ1n) is 26.7. The summed E-state index contributed by atoms with van der Waals surface area (Å²) in [5.74, 6) is -0.625. The molecule has 0 aliphatic rings. The molecule has 63 heavy (non-hydrogen) atoms. The van der Waals surface area contributed by atoms with Gasteiger partial charge >= 0.3 is 5.97 Å². The largest absolute Gasteiger partial charge is 0.458 e. The van der Waals surface area contributed by atoms with Crippen molar-refractivity contribution in [2.45, 2.75) is 270 Å². The maximum absolute atomic E-state index is 13.2. The van der Waals surface area contributed by atoms with Gasteiger partial charge in [0, 0.05) is 6.42 Å². The first-order valence-corrected chi connectivity index (χ1v) is 26.7. The van der Waals surface area contributed by atoms with Gasteiger partial charge in [0.05, 0.1) is 25.2 Å². The van der Waals surface area contributed by atoms with E-state index >= 15 is 0 Å². The average Bonchev–Trinajstić information content (AvgIpc) is 3.28. The Balaban J connectivity index is 4.75. The van der Waals surface area contributed by atoms with Crippen LogP contribution in [0.3, 0.4) is 0 Å². The minimum Gasteiger partial charge on any atom is -0.458 e. The van der Waals surface area contributed by atoms with Crippen LogP contribution in [0.15, 0.2) is 72.9 Å². The normalized spacial score (nSPS) is 13.8. The van der Waals surface area contributed by atoms with Gasteiger partial charge in [-0.05, 0) is 57.4 Å². The van der Waals surface area contributed by atoms with Gasteiger partial charge in [-0.25, -0.2) is 0 Å². The third-order valence-corrected chi connectivity index (χ3v) is 11.8. The quantitative estimate of drug-likeness (QED) is 0.0321. The number of hydrogen-bond donors (Lipinski definition) is 3. The number of unbranched alkanes of at least 4 members (excludes halogenated alkanes) is 25. The summed E-state index contributed by atoms with van der Waals surface area (Å²) in [5.41, 5.74) is 0. The molecule has 0 fully saturated rings. The van der Waals surface area contributed by atoms with E-state index in [-0.39, 0.29) is 24.9 Å². The minimum absolute atomic E-state index is 0.0470. The number of amides is 1. The lowest BCUT2D eigenvalue weighted by molar-refractivity contribution is -0.148. The Hall–Kier alpha value is -2.70. The number of carbonyl (C=O) groups is 2. The Kier molecular flexibility index (Phi) is 48.1. The molecule has 3 unspecified atom stereocenters. The molecule has 3 atom stereocenters. The van der Waals surface area contributed by atoms with Crippen LogP contribution in [0.2, 0.25) is 0 Å². The van der Waals surface area contributed by atoms with Gasteiger partial charge in [-0.2, -0.15) is 0 Å². The Morgan fingerprint density at radius 3 is 1.21 bits per heavy atom. The Morgan fingerprint density at radius 2 is 0.825 bits per heavy atom. The van der Waals surface area contributed by atoms with Gasteiger partial charge in [-0.15, -0.1) is 0 Å². The third-order valence-electron chi connectivity index (χ3n) is 11.8. The van der Waals surface area contributed by atoms with Crippen LogP contribution < -0.4 is 5.32 Å². The van der Waals surface area contributed by atoms with Crippen molar-refractivity contribution in [1.29, 1.82) is 0 Å². The number of aliphatic hydroxyl groups excluding tert-OH is 2. The van der Waals surface area contributed by atoms with E-state index in [0.29, 0.717) is 19.3 Å². The third kappa shape index (κ3) is 45.7. The highest BCUT2D eigenvalue weighted by atomic mass is 16.5. The highest BCUT2D eigenvalue weighted by molar-refractivity contribution is 5.78. The van der Waals surface area contributed by atoms with Crippen molar-refractivity contribution in [3.63, 3.8) is 0 Å². The summed E-state index contributed by atoms with van der Waals surface area (Å²) in [5, 5.41) is 23.7. The number of rotatable bonds is 47. The maximum Gasteiger partial charge on any atom is 0.306 e. The van der Waals surface area contributed by atoms with E-state index in [2.05, 4.69) is 86.8 Å². The SMILES string of the molecule is CC/C=C\C/C=C\C/C=C\C/C=C\C/C=C\C/C=C\C(CC(=O)NC(CO)C(O)CCCCCCCCCCCCCC)OC(=O)CCCCCCCCCCCCCCCCC. The smallest absolute Gasteiger partial charge is 0.306 e. The van der Waals surface area contributed by atoms with Crippen LogP contribution in [-0.4, -0.2) is 46.9 Å². The monoisotopic (exact) mass is 880 g/mol. The topological polar surface area (TPSA) is 95.9 Å². The van der Waals surface area contributed by atoms with E-state index in [1.807, 2.05) is 6.08 Å². The first-order chi connectivity index (χ1) is 31.0. The molecular formula is C57H101NO5. The van der Waals surface area contributed by atoms with E-state index < -0.39 is 18.2 Å². The molecular weight excluding hydrogens is 779 g/mol. The number of allylic oxidation sites excluding steroid dienone is 11. The van der Waals surface area contributed by atoms with E-state index in [1.165, 1.54) is 135 Å². The van der Waals surface area contributed by atoms with Crippen LogP contribution in [0.1, 0.15) is 252 Å². The van der Waals surface area contributed by atoms with Gasteiger partial charge in [0.25, 0.3) is 0 Å². The zero-order chi connectivity index (χ0) is 45.9. The summed E-state index contributed by atoms with van der Waals surface area (Å²) < 4.78 is 5.83. The molecule has 0 aromatic rings. The average molecular weight is 880 g/mol. The van der Waals surface area contributed by atoms with Crippen molar-refractivity contribution in [3.8, 4) is 0 Å². The summed E-state index contributed by atoms with van der Waals surface area (Å²) in [7, 11) is 0. The molecule has 0 aromatic heterocycles. The Labute approximate surface area is 390 Å². The molecule has 0 aliphatic heterocycles. The first kappa shape index (κ1) is 60.3. The Morgan fingerprint density at radius 1 is 0.476 bits per heavy atom. The lowest BCUT2D eigenvalue weighted by Crippen LogP contribution is -2.46. The molecule has 0 saturated carbocycles. The van der Waals surface area contributed by atoms with Gasteiger partial charge < -0.3 is 20.3 Å². The zero-order valence-electron chi connectivity index (χ0n) is 41.4. The fourth-order valence-corrected chi connectivity index (χ4v) is 7.78. The van der Waals surface area contributed by atoms with Crippen LogP contribution in [0.25, 0.3) is 0 Å². The summed E-state index contributed by atoms with van der Waals surface area (Å²) in [6.07, 6.45) is 64.2. The zero-order valence-corrected chi connectivity index (χ0v) is 41.4. The van der Waals surface area contributed by atoms with Crippen LogP contribution in [0.5, 0.6) is 0 Å². The molecule has 0 aliphatic carbocycles. The van der Waals surface area contributed by atoms with E-state index in [1.54, 1.807) is 6.08 Å². The maximum atomic E-state index is 13.2. The molecule has 0 heterocycles. The molecule has 1 amide bonds. The highest BCUT2D eigenvalue weighted by Crippen LogP contribution is 2.16. The number of carbonyl (C=O) groups excluding carboxylic acids is 2. The molecule has 6 nitrogen and oxygen atoms in total. The van der Waals surface area contributed by atoms with Crippen LogP contribution >= 0.6 is 0 Å². The van der Waals surface area contributed by atoms with Crippen LogP contribution in [0.4, 0.5) is 0 Å². The Bertz CT molecular complexity index is 1170. The molecule has 0 radical (unpaired) electrons. The number of aliphatic hydroxyl groups is 2. The van der Waals surface area contributed by atoms with Crippen molar-refractivity contribution in [2.75, 3.05) is 6.61 Å². The van der Waals surface area contributed by atoms with Gasteiger partial charge in [-0.1, -0.05) is 255 Å². The predicted molar refractivity (Wildman–Crippen MR) is 273 cm³/mol. The second kappa shape index (κ2) is 50.3. The van der Waals surface area contributed by atoms with Crippen molar-refractivity contribution >= 4 is 11.9 Å². The fourth-order valence-electron chi connectivity index (χ4n) is 7.78. The second-order valence-electron chi connectivity index (χ2n) is 17.9. The molecule has 0 spiro atoms. The van der Waals surface area contributed by atoms with Gasteiger partial charge in [0.15, 0.2) is 0 Å². The van der Waals surface area contributed by atoms with Crippen molar-refractivity contribution in [2.24, 2.45) is 0 Å². The number of hydrogen-bond acceptors (Lipinski definition) is 5. The summed E-state index contributed by atoms with van der Waals surface area (Å²) in [4.78, 5) is 26.1. The van der Waals surface area contributed by atoms with Crippen LogP contribution in [-0.2, 0) is 14.3 Å². The molecule has 364 valence electrons. The van der Waals surface area contributed by atoms with Crippen LogP contribution in [0, 0.1) is 0 Å². The minimum atomic E-state index is -0.820. The van der Waals surface area contributed by atoms with Gasteiger partial charge in [0.1, 0.15) is 6.10 Å². The van der Waals surface area contributed by atoms with Crippen molar-refractivity contribution in [1.82, 2.24) is 5.32 Å². The lowest BCUT2D eigenvalue weighted by Gasteiger charge is -2.23. The number of esters is 1. The molecule has 0 rings (SSSR count). The van der Waals surface area contributed by atoms with E-state index in [0.717, 1.165) is 70.6 Å². The lowest BCUT2D eigenvalue weighted by atomic mass is 10.0. The number of nitrogens with one attached hydrogen (secondary N) is 1. The number of ether oxygens (including phenoxy) is 1. The fraction of sp³-hybridized carbons (Fsp3) is 0.754. The summed E-state index contributed by atoms with van der Waals surface area (Å²) in [6, 6.07) is -0.743. The summed E-state index contributed by atoms with van der Waals surface area (Å²) in [6.45, 7) is 6.34. The highest BCUT2D eigenvalue weighted by Gasteiger charge is 2.23. The van der Waals surface area contributed by atoms with Gasteiger partial charge in [0.2, 0.25) is 5.91 Å². The van der Waals surface area contributed by atoms with Crippen molar-refractivity contribution in [3.05, 3.63) is 72.9 Å².